The topological polar surface area (TPSA) is 67.0 Å². The number of aryl methyl sites for hydroxylation is 1. The van der Waals surface area contributed by atoms with Crippen LogP contribution in [0.4, 0.5) is 0 Å². The van der Waals surface area contributed by atoms with Gasteiger partial charge in [-0.25, -0.2) is 0 Å². The number of amides is 1. The van der Waals surface area contributed by atoms with Gasteiger partial charge in [0.1, 0.15) is 5.69 Å². The Bertz CT molecular complexity index is 491. The lowest BCUT2D eigenvalue weighted by atomic mass is 9.82. The van der Waals surface area contributed by atoms with Crippen molar-refractivity contribution in [2.75, 3.05) is 6.61 Å². The molecule has 3 rings (SSSR count). The quantitative estimate of drug-likeness (QED) is 0.896. The molecule has 5 nitrogen and oxygen atoms in total. The molecule has 2 heterocycles. The lowest BCUT2D eigenvalue weighted by molar-refractivity contribution is -0.0246. The van der Waals surface area contributed by atoms with Crippen molar-refractivity contribution in [2.24, 2.45) is 0 Å². The summed E-state index contributed by atoms with van der Waals surface area (Å²) in [6, 6.07) is 1.98. The zero-order chi connectivity index (χ0) is 14.7. The summed E-state index contributed by atoms with van der Waals surface area (Å²) in [7, 11) is 0. The average molecular weight is 291 g/mol. The van der Waals surface area contributed by atoms with Crippen LogP contribution in [0.5, 0.6) is 0 Å². The van der Waals surface area contributed by atoms with Crippen LogP contribution in [-0.2, 0) is 11.2 Å². The van der Waals surface area contributed by atoms with Crippen LogP contribution in [0.2, 0.25) is 0 Å². The van der Waals surface area contributed by atoms with Gasteiger partial charge in [-0.1, -0.05) is 32.6 Å². The molecule has 1 amide bonds. The number of H-pyrrole nitrogens is 1. The number of rotatable bonds is 4. The summed E-state index contributed by atoms with van der Waals surface area (Å²) in [5, 5.41) is 10.1. The van der Waals surface area contributed by atoms with Crippen LogP contribution >= 0.6 is 0 Å². The van der Waals surface area contributed by atoms with Gasteiger partial charge in [0.05, 0.1) is 18.2 Å². The summed E-state index contributed by atoms with van der Waals surface area (Å²) in [4.78, 5) is 12.2. The number of aromatic nitrogens is 2. The fourth-order valence-electron chi connectivity index (χ4n) is 3.62. The molecule has 1 aromatic rings. The van der Waals surface area contributed by atoms with E-state index in [1.807, 2.05) is 6.07 Å². The second-order valence-corrected chi connectivity index (χ2v) is 6.46. The van der Waals surface area contributed by atoms with E-state index in [4.69, 9.17) is 4.74 Å². The first kappa shape index (κ1) is 14.6. The van der Waals surface area contributed by atoms with Crippen LogP contribution < -0.4 is 5.32 Å². The Hall–Kier alpha value is -1.36. The summed E-state index contributed by atoms with van der Waals surface area (Å²) in [6.45, 7) is 2.75. The molecule has 1 atom stereocenters. The molecule has 0 radical (unpaired) electrons. The second kappa shape index (κ2) is 6.18. The monoisotopic (exact) mass is 291 g/mol. The van der Waals surface area contributed by atoms with Crippen LogP contribution in [0.15, 0.2) is 6.07 Å². The van der Waals surface area contributed by atoms with Gasteiger partial charge in [-0.05, 0) is 31.7 Å². The highest BCUT2D eigenvalue weighted by Crippen LogP contribution is 2.39. The Labute approximate surface area is 125 Å². The fraction of sp³-hybridized carbons (Fsp3) is 0.750. The SMILES string of the molecule is CCCc1cc(C(=O)N[C@H]2COC3(CCCCC3)C2)n[nH]1. The number of nitrogens with one attached hydrogen (secondary N) is 2. The summed E-state index contributed by atoms with van der Waals surface area (Å²) in [6.07, 6.45) is 9.02. The van der Waals surface area contributed by atoms with Gasteiger partial charge < -0.3 is 10.1 Å². The number of nitrogens with zero attached hydrogens (tertiary/aromatic N) is 1. The molecule has 2 fully saturated rings. The summed E-state index contributed by atoms with van der Waals surface area (Å²) >= 11 is 0. The zero-order valence-corrected chi connectivity index (χ0v) is 12.8. The van der Waals surface area contributed by atoms with E-state index in [1.165, 1.54) is 19.3 Å². The lowest BCUT2D eigenvalue weighted by Gasteiger charge is -2.32. The van der Waals surface area contributed by atoms with Gasteiger partial charge in [0.25, 0.3) is 5.91 Å². The van der Waals surface area contributed by atoms with E-state index in [1.54, 1.807) is 0 Å². The lowest BCUT2D eigenvalue weighted by Crippen LogP contribution is -2.37. The smallest absolute Gasteiger partial charge is 0.272 e. The summed E-state index contributed by atoms with van der Waals surface area (Å²) in [5.74, 6) is -0.0879. The van der Waals surface area contributed by atoms with Gasteiger partial charge in [-0.3, -0.25) is 9.89 Å². The highest BCUT2D eigenvalue weighted by atomic mass is 16.5. The van der Waals surface area contributed by atoms with E-state index in [2.05, 4.69) is 22.4 Å². The molecule has 0 unspecified atom stereocenters. The van der Waals surface area contributed by atoms with Crippen molar-refractivity contribution in [2.45, 2.75) is 69.9 Å². The molecule has 1 aliphatic heterocycles. The zero-order valence-electron chi connectivity index (χ0n) is 12.8. The number of hydrogen-bond donors (Lipinski definition) is 2. The molecule has 2 N–H and O–H groups in total. The van der Waals surface area contributed by atoms with Crippen LogP contribution in [0.1, 0.15) is 68.1 Å². The first-order chi connectivity index (χ1) is 10.2. The molecule has 1 aromatic heterocycles. The molecular weight excluding hydrogens is 266 g/mol. The van der Waals surface area contributed by atoms with Crippen molar-refractivity contribution in [1.82, 2.24) is 15.5 Å². The first-order valence-corrected chi connectivity index (χ1v) is 8.20. The molecule has 116 valence electrons. The van der Waals surface area contributed by atoms with Gasteiger partial charge in [-0.2, -0.15) is 5.10 Å². The van der Waals surface area contributed by atoms with Crippen molar-refractivity contribution in [3.63, 3.8) is 0 Å². The molecule has 0 bridgehead atoms. The molecule has 5 heteroatoms. The third kappa shape index (κ3) is 3.28. The Balaban J connectivity index is 1.55. The van der Waals surface area contributed by atoms with Gasteiger partial charge in [0.15, 0.2) is 0 Å². The van der Waals surface area contributed by atoms with E-state index >= 15 is 0 Å². The van der Waals surface area contributed by atoms with Crippen LogP contribution in [0.25, 0.3) is 0 Å². The standard InChI is InChI=1S/C16H25N3O2/c1-2-6-12-9-14(19-18-12)15(20)17-13-10-16(21-11-13)7-4-3-5-8-16/h9,13H,2-8,10-11H2,1H3,(H,17,20)(H,18,19)/t13-/m1/s1. The van der Waals surface area contributed by atoms with Gasteiger partial charge in [0.2, 0.25) is 0 Å². The number of carbonyl (C=O) groups is 1. The third-order valence-corrected chi connectivity index (χ3v) is 4.69. The van der Waals surface area contributed by atoms with Gasteiger partial charge >= 0.3 is 0 Å². The predicted octanol–water partition coefficient (Wildman–Crippen LogP) is 2.58. The van der Waals surface area contributed by atoms with Crippen LogP contribution in [0, 0.1) is 0 Å². The number of ether oxygens (including phenoxy) is 1. The Morgan fingerprint density at radius 1 is 1.48 bits per heavy atom. The minimum atomic E-state index is -0.0879. The maximum absolute atomic E-state index is 12.2. The number of aromatic amines is 1. The van der Waals surface area contributed by atoms with E-state index in [9.17, 15) is 4.79 Å². The molecular formula is C16H25N3O2. The number of carbonyl (C=O) groups excluding carboxylic acids is 1. The molecule has 2 aliphatic rings. The highest BCUT2D eigenvalue weighted by Gasteiger charge is 2.41. The Kier molecular flexibility index (Phi) is 4.29. The van der Waals surface area contributed by atoms with Crippen LogP contribution in [-0.4, -0.2) is 34.4 Å². The van der Waals surface area contributed by atoms with Gasteiger partial charge in [-0.15, -0.1) is 0 Å². The molecule has 0 aromatic carbocycles. The molecule has 1 saturated carbocycles. The normalized spacial score (nSPS) is 24.3. The van der Waals surface area contributed by atoms with E-state index in [0.29, 0.717) is 12.3 Å². The van der Waals surface area contributed by atoms with Crippen molar-refractivity contribution in [3.05, 3.63) is 17.5 Å². The van der Waals surface area contributed by atoms with Crippen molar-refractivity contribution in [1.29, 1.82) is 0 Å². The molecule has 21 heavy (non-hydrogen) atoms. The van der Waals surface area contributed by atoms with Crippen molar-refractivity contribution >= 4 is 5.91 Å². The van der Waals surface area contributed by atoms with Gasteiger partial charge in [0, 0.05) is 5.69 Å². The Morgan fingerprint density at radius 3 is 3.05 bits per heavy atom. The first-order valence-electron chi connectivity index (χ1n) is 8.20. The third-order valence-electron chi connectivity index (χ3n) is 4.69. The minimum absolute atomic E-state index is 0.0368. The molecule has 1 spiro atoms. The number of hydrogen-bond acceptors (Lipinski definition) is 3. The average Bonchev–Trinajstić information content (AvgIpc) is 3.09. The molecule has 1 aliphatic carbocycles. The maximum Gasteiger partial charge on any atom is 0.272 e. The minimum Gasteiger partial charge on any atom is -0.373 e. The van der Waals surface area contributed by atoms with Crippen LogP contribution in [0.3, 0.4) is 0 Å². The fourth-order valence-corrected chi connectivity index (χ4v) is 3.62. The highest BCUT2D eigenvalue weighted by molar-refractivity contribution is 5.92. The van der Waals surface area contributed by atoms with E-state index in [0.717, 1.165) is 37.8 Å². The predicted molar refractivity (Wildman–Crippen MR) is 80.2 cm³/mol. The molecule has 1 saturated heterocycles. The second-order valence-electron chi connectivity index (χ2n) is 6.46. The summed E-state index contributed by atoms with van der Waals surface area (Å²) in [5.41, 5.74) is 1.55. The largest absolute Gasteiger partial charge is 0.373 e. The van der Waals surface area contributed by atoms with Crippen molar-refractivity contribution in [3.8, 4) is 0 Å². The van der Waals surface area contributed by atoms with E-state index < -0.39 is 0 Å². The summed E-state index contributed by atoms with van der Waals surface area (Å²) < 4.78 is 6.03. The Morgan fingerprint density at radius 2 is 2.29 bits per heavy atom. The van der Waals surface area contributed by atoms with E-state index in [-0.39, 0.29) is 17.6 Å². The maximum atomic E-state index is 12.2. The van der Waals surface area contributed by atoms with Crippen molar-refractivity contribution < 1.29 is 9.53 Å².